The lowest BCUT2D eigenvalue weighted by Gasteiger charge is -2.27. The molecule has 3 aromatic heterocycles. The van der Waals surface area contributed by atoms with Gasteiger partial charge >= 0.3 is 0 Å². The molecule has 0 amide bonds. The van der Waals surface area contributed by atoms with Crippen molar-refractivity contribution < 1.29 is 0 Å². The molecule has 1 aliphatic rings. The average molecular weight is 629 g/mol. The Bertz CT molecular complexity index is 2630. The third kappa shape index (κ3) is 4.41. The summed E-state index contributed by atoms with van der Waals surface area (Å²) in [6, 6.07) is 58.5. The molecule has 3 heterocycles. The van der Waals surface area contributed by atoms with Crippen LogP contribution in [0.2, 0.25) is 0 Å². The SMILES string of the molecule is C1=C(n2nc(-c3ccccc3)cc2-c2ccccc2)CC(n2c3ccccc3c3ccccc32)C=C1n1c2ccccc2c2ccccc21. The fraction of sp³-hybridized carbons (Fsp3) is 0.0444. The Balaban J connectivity index is 1.26. The monoisotopic (exact) mass is 628 g/mol. The van der Waals surface area contributed by atoms with Gasteiger partial charge in [-0.2, -0.15) is 5.10 Å². The second-order valence-electron chi connectivity index (χ2n) is 12.8. The summed E-state index contributed by atoms with van der Waals surface area (Å²) in [5.74, 6) is 0. The number of allylic oxidation sites excluding steroid dienone is 4. The number of para-hydroxylation sites is 4. The Morgan fingerprint density at radius 2 is 0.959 bits per heavy atom. The lowest BCUT2D eigenvalue weighted by molar-refractivity contribution is 0.634. The quantitative estimate of drug-likeness (QED) is 0.186. The molecule has 0 N–H and O–H groups in total. The van der Waals surface area contributed by atoms with Gasteiger partial charge in [-0.05, 0) is 42.5 Å². The van der Waals surface area contributed by atoms with E-state index in [-0.39, 0.29) is 6.04 Å². The molecular weight excluding hydrogens is 597 g/mol. The lowest BCUT2D eigenvalue weighted by atomic mass is 10.0. The van der Waals surface area contributed by atoms with E-state index in [1.807, 2.05) is 0 Å². The highest BCUT2D eigenvalue weighted by Gasteiger charge is 2.26. The molecule has 9 aromatic rings. The Morgan fingerprint density at radius 1 is 0.490 bits per heavy atom. The molecule has 0 aliphatic heterocycles. The predicted molar refractivity (Wildman–Crippen MR) is 204 cm³/mol. The van der Waals surface area contributed by atoms with Crippen molar-refractivity contribution >= 4 is 55.0 Å². The van der Waals surface area contributed by atoms with Gasteiger partial charge in [0, 0.05) is 61.5 Å². The van der Waals surface area contributed by atoms with Gasteiger partial charge in [-0.25, -0.2) is 4.68 Å². The van der Waals surface area contributed by atoms with Crippen LogP contribution < -0.4 is 0 Å². The van der Waals surface area contributed by atoms with Gasteiger partial charge in [-0.1, -0.05) is 133 Å². The topological polar surface area (TPSA) is 27.7 Å². The number of hydrogen-bond acceptors (Lipinski definition) is 1. The number of fused-ring (bicyclic) bond motifs is 6. The summed E-state index contributed by atoms with van der Waals surface area (Å²) in [4.78, 5) is 0. The zero-order chi connectivity index (χ0) is 32.3. The van der Waals surface area contributed by atoms with Crippen LogP contribution in [0.5, 0.6) is 0 Å². The maximum absolute atomic E-state index is 5.36. The number of benzene rings is 6. The van der Waals surface area contributed by atoms with E-state index in [1.54, 1.807) is 0 Å². The first kappa shape index (κ1) is 27.7. The van der Waals surface area contributed by atoms with Gasteiger partial charge in [0.2, 0.25) is 0 Å². The van der Waals surface area contributed by atoms with E-state index in [0.717, 1.165) is 40.3 Å². The summed E-state index contributed by atoms with van der Waals surface area (Å²) in [5, 5.41) is 10.4. The number of hydrogen-bond donors (Lipinski definition) is 0. The van der Waals surface area contributed by atoms with E-state index >= 15 is 0 Å². The Labute approximate surface area is 284 Å². The van der Waals surface area contributed by atoms with Gasteiger partial charge in [0.25, 0.3) is 0 Å². The van der Waals surface area contributed by atoms with Crippen molar-refractivity contribution in [3.05, 3.63) is 176 Å². The summed E-state index contributed by atoms with van der Waals surface area (Å²) in [7, 11) is 0. The zero-order valence-corrected chi connectivity index (χ0v) is 26.8. The van der Waals surface area contributed by atoms with Crippen LogP contribution in [0.25, 0.3) is 77.5 Å². The molecule has 49 heavy (non-hydrogen) atoms. The van der Waals surface area contributed by atoms with Crippen LogP contribution in [-0.2, 0) is 0 Å². The fourth-order valence-corrected chi connectivity index (χ4v) is 7.88. The fourth-order valence-electron chi connectivity index (χ4n) is 7.88. The lowest BCUT2D eigenvalue weighted by Crippen LogP contribution is -2.16. The van der Waals surface area contributed by atoms with E-state index in [4.69, 9.17) is 5.10 Å². The van der Waals surface area contributed by atoms with E-state index in [9.17, 15) is 0 Å². The molecule has 0 saturated carbocycles. The molecule has 0 fully saturated rings. The van der Waals surface area contributed by atoms with Gasteiger partial charge < -0.3 is 9.13 Å². The van der Waals surface area contributed by atoms with Crippen LogP contribution in [-0.4, -0.2) is 18.9 Å². The molecule has 6 aromatic carbocycles. The van der Waals surface area contributed by atoms with Crippen LogP contribution in [0, 0.1) is 0 Å². The molecule has 1 atom stereocenters. The minimum atomic E-state index is 0.0349. The third-order valence-electron chi connectivity index (χ3n) is 10.0. The maximum atomic E-state index is 5.36. The van der Waals surface area contributed by atoms with Gasteiger partial charge in [-0.3, -0.25) is 0 Å². The average Bonchev–Trinajstić information content (AvgIpc) is 3.87. The van der Waals surface area contributed by atoms with Gasteiger partial charge in [0.15, 0.2) is 0 Å². The van der Waals surface area contributed by atoms with Gasteiger partial charge in [0.05, 0.1) is 28.5 Å². The summed E-state index contributed by atoms with van der Waals surface area (Å²) < 4.78 is 7.17. The van der Waals surface area contributed by atoms with Crippen molar-refractivity contribution in [3.63, 3.8) is 0 Å². The summed E-state index contributed by atoms with van der Waals surface area (Å²) in [6.07, 6.45) is 5.60. The van der Waals surface area contributed by atoms with Crippen LogP contribution in [0.15, 0.2) is 176 Å². The summed E-state index contributed by atoms with van der Waals surface area (Å²) >= 11 is 0. The van der Waals surface area contributed by atoms with Crippen molar-refractivity contribution in [1.29, 1.82) is 0 Å². The van der Waals surface area contributed by atoms with Gasteiger partial charge in [-0.15, -0.1) is 0 Å². The Hall–Kier alpha value is -6.39. The highest BCUT2D eigenvalue weighted by atomic mass is 15.3. The van der Waals surface area contributed by atoms with Crippen LogP contribution in [0.3, 0.4) is 0 Å². The minimum Gasteiger partial charge on any atom is -0.333 e. The van der Waals surface area contributed by atoms with Crippen molar-refractivity contribution in [2.24, 2.45) is 0 Å². The van der Waals surface area contributed by atoms with Crippen LogP contribution in [0.4, 0.5) is 0 Å². The van der Waals surface area contributed by atoms with Crippen molar-refractivity contribution in [3.8, 4) is 22.5 Å². The number of aromatic nitrogens is 4. The van der Waals surface area contributed by atoms with E-state index < -0.39 is 0 Å². The van der Waals surface area contributed by atoms with Crippen molar-refractivity contribution in [2.45, 2.75) is 12.5 Å². The molecule has 1 aliphatic carbocycles. The second-order valence-corrected chi connectivity index (χ2v) is 12.8. The van der Waals surface area contributed by atoms with Crippen LogP contribution in [0.1, 0.15) is 12.5 Å². The molecule has 4 nitrogen and oxygen atoms in total. The summed E-state index contributed by atoms with van der Waals surface area (Å²) in [6.45, 7) is 0. The Kier molecular flexibility index (Phi) is 6.28. The van der Waals surface area contributed by atoms with E-state index in [0.29, 0.717) is 0 Å². The van der Waals surface area contributed by atoms with Gasteiger partial charge in [0.1, 0.15) is 0 Å². The zero-order valence-electron chi connectivity index (χ0n) is 26.8. The molecule has 0 radical (unpaired) electrons. The molecule has 232 valence electrons. The molecule has 0 bridgehead atoms. The third-order valence-corrected chi connectivity index (χ3v) is 10.0. The molecule has 10 rings (SSSR count). The summed E-state index contributed by atoms with van der Waals surface area (Å²) in [5.41, 5.74) is 11.4. The Morgan fingerprint density at radius 3 is 1.53 bits per heavy atom. The smallest absolute Gasteiger partial charge is 0.0934 e. The second kappa shape index (κ2) is 11.1. The predicted octanol–water partition coefficient (Wildman–Crippen LogP) is 11.5. The van der Waals surface area contributed by atoms with E-state index in [2.05, 4.69) is 190 Å². The first-order chi connectivity index (χ1) is 24.3. The first-order valence-corrected chi connectivity index (χ1v) is 16.9. The largest absolute Gasteiger partial charge is 0.333 e. The highest BCUT2D eigenvalue weighted by Crippen LogP contribution is 2.42. The minimum absolute atomic E-state index is 0.0349. The maximum Gasteiger partial charge on any atom is 0.0934 e. The molecule has 0 spiro atoms. The van der Waals surface area contributed by atoms with Crippen LogP contribution >= 0.6 is 0 Å². The number of rotatable bonds is 5. The first-order valence-electron chi connectivity index (χ1n) is 16.9. The normalized spacial score (nSPS) is 14.9. The molecule has 4 heteroatoms. The van der Waals surface area contributed by atoms with E-state index in [1.165, 1.54) is 43.6 Å². The highest BCUT2D eigenvalue weighted by molar-refractivity contribution is 6.11. The standard InChI is InChI=1S/C45H32N4/c1-3-15-31(16-4-1)40-30-45(32-17-5-2-6-18-32)49(46-40)35-28-33(47-41-23-11-7-19-36(41)37-20-8-12-24-42(37)47)27-34(29-35)48-43-25-13-9-21-38(43)39-22-10-14-26-44(39)48/h1-28,30,34H,29H2. The van der Waals surface area contributed by atoms with Crippen molar-refractivity contribution in [1.82, 2.24) is 18.9 Å². The molecule has 1 unspecified atom stereocenters. The number of nitrogens with zero attached hydrogens (tertiary/aromatic N) is 4. The molecular formula is C45H32N4. The van der Waals surface area contributed by atoms with Crippen molar-refractivity contribution in [2.75, 3.05) is 0 Å². The molecule has 0 saturated heterocycles.